The van der Waals surface area contributed by atoms with Crippen molar-refractivity contribution >= 4 is 11.7 Å². The Morgan fingerprint density at radius 2 is 2.21 bits per heavy atom. The van der Waals surface area contributed by atoms with Crippen LogP contribution >= 0.6 is 0 Å². The van der Waals surface area contributed by atoms with E-state index in [0.29, 0.717) is 30.1 Å². The molecule has 0 spiro atoms. The monoisotopic (exact) mass is 460 g/mol. The molecular weight excluding hydrogens is 432 g/mol. The molecule has 5 rings (SSSR count). The molecule has 3 atom stereocenters. The highest BCUT2D eigenvalue weighted by molar-refractivity contribution is 6.01. The predicted octanol–water partition coefficient (Wildman–Crippen LogP) is 3.15. The third-order valence-electron chi connectivity index (χ3n) is 6.74. The highest BCUT2D eigenvalue weighted by Gasteiger charge is 2.44. The van der Waals surface area contributed by atoms with Crippen molar-refractivity contribution in [1.82, 2.24) is 10.2 Å². The summed E-state index contributed by atoms with van der Waals surface area (Å²) in [5, 5.41) is 26.7. The lowest BCUT2D eigenvalue weighted by atomic mass is 9.78. The van der Waals surface area contributed by atoms with Crippen molar-refractivity contribution in [3.63, 3.8) is 0 Å². The number of aliphatic hydroxyl groups is 1. The number of oxime groups is 1. The van der Waals surface area contributed by atoms with E-state index >= 15 is 0 Å². The number of fused-ring (bicyclic) bond motifs is 3. The Bertz CT molecular complexity index is 1190. The largest absolute Gasteiger partial charge is 0.490 e. The van der Waals surface area contributed by atoms with Crippen molar-refractivity contribution < 1.29 is 19.5 Å². The van der Waals surface area contributed by atoms with Crippen molar-refractivity contribution in [2.24, 2.45) is 11.1 Å². The van der Waals surface area contributed by atoms with Crippen LogP contribution in [0.25, 0.3) is 0 Å². The van der Waals surface area contributed by atoms with Crippen LogP contribution in [-0.2, 0) is 16.1 Å². The van der Waals surface area contributed by atoms with E-state index in [2.05, 4.69) is 22.6 Å². The van der Waals surface area contributed by atoms with Gasteiger partial charge in [-0.05, 0) is 61.9 Å². The van der Waals surface area contributed by atoms with E-state index in [1.807, 2.05) is 36.9 Å². The zero-order chi connectivity index (χ0) is 23.8. The molecule has 2 heterocycles. The van der Waals surface area contributed by atoms with Crippen molar-refractivity contribution in [3.05, 3.63) is 64.2 Å². The van der Waals surface area contributed by atoms with Gasteiger partial charge in [0.15, 0.2) is 5.84 Å². The first-order valence-electron chi connectivity index (χ1n) is 11.7. The topological polar surface area (TPSA) is 107 Å². The number of ether oxygens (including phenoxy) is 1. The predicted molar refractivity (Wildman–Crippen MR) is 125 cm³/mol. The molecular formula is C26H28N4O4. The average molecular weight is 461 g/mol. The van der Waals surface area contributed by atoms with Crippen LogP contribution in [0, 0.1) is 17.2 Å². The number of β-amino-alcohol motifs (C(OH)–C–C–N with tert-alkyl or cyclic N) is 1. The third-order valence-corrected chi connectivity index (χ3v) is 6.74. The van der Waals surface area contributed by atoms with Crippen LogP contribution in [0.3, 0.4) is 0 Å². The number of carbonyl (C=O) groups is 1. The van der Waals surface area contributed by atoms with Crippen LogP contribution in [0.1, 0.15) is 66.8 Å². The maximum Gasteiger partial charge on any atom is 0.224 e. The fraction of sp³-hybridized carbons (Fsp3) is 0.423. The Hall–Kier alpha value is -3.57. The number of nitrogens with zero attached hydrogens (tertiary/aromatic N) is 3. The number of carbonyl (C=O) groups excluding carboxylic acids is 1. The summed E-state index contributed by atoms with van der Waals surface area (Å²) in [6.07, 6.45) is 1.78. The molecule has 2 aliphatic heterocycles. The molecule has 3 aliphatic rings. The normalized spacial score (nSPS) is 23.0. The fourth-order valence-corrected chi connectivity index (χ4v) is 5.34. The zero-order valence-electron chi connectivity index (χ0n) is 19.3. The number of hydrogen-bond acceptors (Lipinski definition) is 7. The minimum absolute atomic E-state index is 0.00578. The fourth-order valence-electron chi connectivity index (χ4n) is 5.34. The number of hydrogen-bond donors (Lipinski definition) is 2. The number of nitrogens with one attached hydrogen (secondary N) is 1. The lowest BCUT2D eigenvalue weighted by Crippen LogP contribution is -2.34. The summed E-state index contributed by atoms with van der Waals surface area (Å²) in [5.74, 6) is 1.57. The molecule has 1 amide bonds. The van der Waals surface area contributed by atoms with Crippen LogP contribution < -0.4 is 10.1 Å². The van der Waals surface area contributed by atoms with Gasteiger partial charge in [-0.25, -0.2) is 0 Å². The quantitative estimate of drug-likeness (QED) is 0.686. The van der Waals surface area contributed by atoms with Crippen molar-refractivity contribution in [2.75, 3.05) is 13.2 Å². The second-order valence-corrected chi connectivity index (χ2v) is 9.24. The summed E-state index contributed by atoms with van der Waals surface area (Å²) < 4.78 is 5.72. The number of likely N-dealkylation sites (tertiary alicyclic amines) is 1. The number of amidine groups is 1. The molecule has 1 saturated heterocycles. The van der Waals surface area contributed by atoms with Crippen LogP contribution in [-0.4, -0.2) is 41.0 Å². The Labute approximate surface area is 198 Å². The number of amides is 1. The van der Waals surface area contributed by atoms with Gasteiger partial charge in [0.2, 0.25) is 12.1 Å². The van der Waals surface area contributed by atoms with Crippen molar-refractivity contribution in [1.29, 1.82) is 5.26 Å². The lowest BCUT2D eigenvalue weighted by molar-refractivity contribution is -0.129. The van der Waals surface area contributed by atoms with Gasteiger partial charge in [0.1, 0.15) is 11.8 Å². The maximum atomic E-state index is 12.5. The molecule has 8 nitrogen and oxygen atoms in total. The molecule has 2 N–H and O–H groups in total. The van der Waals surface area contributed by atoms with Crippen molar-refractivity contribution in [2.45, 2.75) is 51.5 Å². The van der Waals surface area contributed by atoms with Crippen LogP contribution in [0.5, 0.6) is 5.75 Å². The minimum atomic E-state index is -0.513. The summed E-state index contributed by atoms with van der Waals surface area (Å²) in [4.78, 5) is 20.1. The number of aliphatic hydroxyl groups excluding tert-OH is 1. The summed E-state index contributed by atoms with van der Waals surface area (Å²) in [6.45, 7) is 4.15. The van der Waals surface area contributed by atoms with E-state index in [4.69, 9.17) is 9.57 Å². The number of rotatable bonds is 6. The minimum Gasteiger partial charge on any atom is -0.490 e. The van der Waals surface area contributed by atoms with Gasteiger partial charge in [-0.15, -0.1) is 0 Å². The molecule has 0 saturated carbocycles. The molecule has 8 heteroatoms. The molecule has 1 fully saturated rings. The van der Waals surface area contributed by atoms with E-state index in [1.165, 1.54) is 0 Å². The summed E-state index contributed by atoms with van der Waals surface area (Å²) in [6, 6.07) is 13.7. The molecule has 2 aromatic carbocycles. The van der Waals surface area contributed by atoms with E-state index in [1.54, 1.807) is 12.1 Å². The number of nitriles is 1. The molecule has 0 radical (unpaired) electrons. The van der Waals surface area contributed by atoms with E-state index < -0.39 is 6.23 Å². The summed E-state index contributed by atoms with van der Waals surface area (Å²) in [7, 11) is 0. The van der Waals surface area contributed by atoms with Crippen LogP contribution in [0.15, 0.2) is 41.6 Å². The van der Waals surface area contributed by atoms with E-state index in [9.17, 15) is 15.2 Å². The standard InChI is InChI=1S/C26H28N4O4/c1-15(2)33-22-9-7-17(12-18(22)14-27)26-28-25(29-34-26)21-5-3-4-20-19(21)8-6-16-13-23(32)30(10-11-31)24(16)20/h3-5,7,9,12,15-16,24,26,31H,6,8,10-11,13H2,1-2H3,(H,28,29). The van der Waals surface area contributed by atoms with Gasteiger partial charge in [-0.1, -0.05) is 23.4 Å². The SMILES string of the molecule is CC(C)Oc1ccc(C2NC(c3cccc4c3CCC3CC(=O)N(CCO)C43)=NO2)cc1C#N. The molecule has 3 unspecified atom stereocenters. The second kappa shape index (κ2) is 8.99. The Kier molecular flexibility index (Phi) is 5.88. The van der Waals surface area contributed by atoms with Crippen molar-refractivity contribution in [3.8, 4) is 11.8 Å². The molecule has 0 bridgehead atoms. The lowest BCUT2D eigenvalue weighted by Gasteiger charge is -2.34. The van der Waals surface area contributed by atoms with Gasteiger partial charge in [0.05, 0.1) is 24.3 Å². The van der Waals surface area contributed by atoms with Gasteiger partial charge in [-0.3, -0.25) is 4.79 Å². The van der Waals surface area contributed by atoms with Crippen LogP contribution in [0.4, 0.5) is 0 Å². The van der Waals surface area contributed by atoms with E-state index in [0.717, 1.165) is 35.1 Å². The first-order valence-corrected chi connectivity index (χ1v) is 11.7. The summed E-state index contributed by atoms with van der Waals surface area (Å²) >= 11 is 0. The maximum absolute atomic E-state index is 12.5. The average Bonchev–Trinajstić information content (AvgIpc) is 3.44. The van der Waals surface area contributed by atoms with Gasteiger partial charge >= 0.3 is 0 Å². The van der Waals surface area contributed by atoms with Crippen LogP contribution in [0.2, 0.25) is 0 Å². The first kappa shape index (κ1) is 22.2. The molecule has 1 aliphatic carbocycles. The molecule has 2 aromatic rings. The second-order valence-electron chi connectivity index (χ2n) is 9.24. The number of benzene rings is 2. The van der Waals surface area contributed by atoms with E-state index in [-0.39, 0.29) is 30.6 Å². The van der Waals surface area contributed by atoms with Gasteiger partial charge in [0.25, 0.3) is 0 Å². The van der Waals surface area contributed by atoms with Gasteiger partial charge in [-0.2, -0.15) is 5.26 Å². The smallest absolute Gasteiger partial charge is 0.224 e. The Balaban J connectivity index is 1.40. The summed E-state index contributed by atoms with van der Waals surface area (Å²) in [5.41, 5.74) is 4.48. The molecule has 0 aromatic heterocycles. The first-order chi connectivity index (χ1) is 16.5. The highest BCUT2D eigenvalue weighted by Crippen LogP contribution is 2.46. The third kappa shape index (κ3) is 3.86. The zero-order valence-corrected chi connectivity index (χ0v) is 19.3. The van der Waals surface area contributed by atoms with Gasteiger partial charge < -0.3 is 24.9 Å². The molecule has 176 valence electrons. The highest BCUT2D eigenvalue weighted by atomic mass is 16.7. The molecule has 34 heavy (non-hydrogen) atoms. The Morgan fingerprint density at radius 3 is 2.97 bits per heavy atom. The Morgan fingerprint density at radius 1 is 1.35 bits per heavy atom. The van der Waals surface area contributed by atoms with Gasteiger partial charge in [0, 0.05) is 24.1 Å².